The van der Waals surface area contributed by atoms with Crippen LogP contribution in [0.2, 0.25) is 0 Å². The van der Waals surface area contributed by atoms with Gasteiger partial charge in [0.05, 0.1) is 29.2 Å². The maximum atomic E-state index is 13.7. The predicted octanol–water partition coefficient (Wildman–Crippen LogP) is 3.84. The fourth-order valence-corrected chi connectivity index (χ4v) is 3.97. The Bertz CT molecular complexity index is 1110. The number of halogens is 1. The summed E-state index contributed by atoms with van der Waals surface area (Å²) in [5, 5.41) is 13.1. The molecular weight excluding hydrogens is 443 g/mol. The van der Waals surface area contributed by atoms with Crippen molar-refractivity contribution in [2.24, 2.45) is 0 Å². The third-order valence-corrected chi connectivity index (χ3v) is 5.74. The molecule has 0 spiro atoms. The first-order chi connectivity index (χ1) is 15.0. The Kier molecular flexibility index (Phi) is 7.68. The highest BCUT2D eigenvalue weighted by Gasteiger charge is 2.16. The Morgan fingerprint density at radius 1 is 1.03 bits per heavy atom. The van der Waals surface area contributed by atoms with Crippen LogP contribution in [-0.4, -0.2) is 40.3 Å². The van der Waals surface area contributed by atoms with Crippen LogP contribution in [0, 0.1) is 5.82 Å². The van der Waals surface area contributed by atoms with E-state index in [0.717, 1.165) is 23.1 Å². The molecule has 2 aromatic carbocycles. The van der Waals surface area contributed by atoms with E-state index in [2.05, 4.69) is 20.8 Å². The average molecular weight is 461 g/mol. The SMILES string of the molecule is CCOC(=O)c1ccccc1NC(=O)CSc1nnc(NC(=O)c2ccccc2F)s1. The molecule has 0 radical (unpaired) electrons. The Morgan fingerprint density at radius 3 is 2.48 bits per heavy atom. The van der Waals surface area contributed by atoms with E-state index < -0.39 is 17.7 Å². The molecule has 11 heteroatoms. The van der Waals surface area contributed by atoms with Gasteiger partial charge in [0.1, 0.15) is 5.82 Å². The van der Waals surface area contributed by atoms with Gasteiger partial charge in [-0.05, 0) is 31.2 Å². The molecule has 0 fully saturated rings. The summed E-state index contributed by atoms with van der Waals surface area (Å²) in [6.45, 7) is 1.93. The monoisotopic (exact) mass is 460 g/mol. The third-order valence-electron chi connectivity index (χ3n) is 3.77. The summed E-state index contributed by atoms with van der Waals surface area (Å²) < 4.78 is 19.1. The van der Waals surface area contributed by atoms with Crippen LogP contribution in [0.3, 0.4) is 0 Å². The quantitative estimate of drug-likeness (QED) is 0.299. The van der Waals surface area contributed by atoms with Crippen LogP contribution in [0.25, 0.3) is 0 Å². The second-order valence-corrected chi connectivity index (χ2v) is 8.11. The molecule has 1 heterocycles. The maximum Gasteiger partial charge on any atom is 0.340 e. The van der Waals surface area contributed by atoms with Crippen molar-refractivity contribution in [3.05, 3.63) is 65.5 Å². The summed E-state index contributed by atoms with van der Waals surface area (Å²) >= 11 is 2.17. The molecule has 2 N–H and O–H groups in total. The highest BCUT2D eigenvalue weighted by Crippen LogP contribution is 2.26. The number of hydrogen-bond donors (Lipinski definition) is 2. The van der Waals surface area contributed by atoms with Crippen molar-refractivity contribution in [3.8, 4) is 0 Å². The van der Waals surface area contributed by atoms with Crippen molar-refractivity contribution in [2.75, 3.05) is 23.0 Å². The Hall–Kier alpha value is -3.31. The lowest BCUT2D eigenvalue weighted by atomic mass is 10.2. The number of para-hydroxylation sites is 1. The predicted molar refractivity (Wildman–Crippen MR) is 116 cm³/mol. The molecule has 0 unspecified atom stereocenters. The molecule has 160 valence electrons. The number of amides is 2. The summed E-state index contributed by atoms with van der Waals surface area (Å²) in [6.07, 6.45) is 0. The van der Waals surface area contributed by atoms with Crippen LogP contribution in [-0.2, 0) is 9.53 Å². The molecule has 1 aromatic heterocycles. The van der Waals surface area contributed by atoms with Crippen molar-refractivity contribution in [1.29, 1.82) is 0 Å². The van der Waals surface area contributed by atoms with Gasteiger partial charge in [0, 0.05) is 0 Å². The lowest BCUT2D eigenvalue weighted by Gasteiger charge is -2.09. The number of nitrogens with one attached hydrogen (secondary N) is 2. The van der Waals surface area contributed by atoms with Gasteiger partial charge in [-0.1, -0.05) is 47.4 Å². The van der Waals surface area contributed by atoms with E-state index in [9.17, 15) is 18.8 Å². The Morgan fingerprint density at radius 2 is 1.74 bits per heavy atom. The summed E-state index contributed by atoms with van der Waals surface area (Å²) in [4.78, 5) is 36.4. The second kappa shape index (κ2) is 10.6. The standard InChI is InChI=1S/C20H17FN4O4S2/c1-2-29-18(28)13-8-4-6-10-15(13)22-16(26)11-30-20-25-24-19(31-20)23-17(27)12-7-3-5-9-14(12)21/h3-10H,2,11H2,1H3,(H,22,26)(H,23,24,27). The van der Waals surface area contributed by atoms with E-state index >= 15 is 0 Å². The number of anilines is 2. The summed E-state index contributed by atoms with van der Waals surface area (Å²) in [5.74, 6) is -2.15. The van der Waals surface area contributed by atoms with E-state index in [0.29, 0.717) is 10.0 Å². The first kappa shape index (κ1) is 22.4. The number of carbonyl (C=O) groups is 3. The number of aromatic nitrogens is 2. The molecule has 2 amide bonds. The maximum absolute atomic E-state index is 13.7. The van der Waals surface area contributed by atoms with E-state index in [1.165, 1.54) is 18.2 Å². The van der Waals surface area contributed by atoms with Crippen LogP contribution in [0.4, 0.5) is 15.2 Å². The van der Waals surface area contributed by atoms with Gasteiger partial charge < -0.3 is 10.1 Å². The van der Waals surface area contributed by atoms with Gasteiger partial charge in [-0.15, -0.1) is 10.2 Å². The largest absolute Gasteiger partial charge is 0.462 e. The number of nitrogens with zero attached hydrogens (tertiary/aromatic N) is 2. The zero-order valence-electron chi connectivity index (χ0n) is 16.3. The van der Waals surface area contributed by atoms with Gasteiger partial charge in [0.25, 0.3) is 5.91 Å². The van der Waals surface area contributed by atoms with Crippen LogP contribution < -0.4 is 10.6 Å². The number of esters is 1. The normalized spacial score (nSPS) is 10.4. The molecule has 0 aliphatic carbocycles. The van der Waals surface area contributed by atoms with Crippen molar-refractivity contribution in [1.82, 2.24) is 10.2 Å². The van der Waals surface area contributed by atoms with Crippen LogP contribution in [0.1, 0.15) is 27.6 Å². The molecule has 3 rings (SSSR count). The summed E-state index contributed by atoms with van der Waals surface area (Å²) in [6, 6.07) is 12.1. The lowest BCUT2D eigenvalue weighted by Crippen LogP contribution is -2.17. The molecule has 8 nitrogen and oxygen atoms in total. The molecule has 0 aliphatic heterocycles. The van der Waals surface area contributed by atoms with E-state index in [1.54, 1.807) is 37.3 Å². The number of benzene rings is 2. The Balaban J connectivity index is 1.55. The second-order valence-electron chi connectivity index (χ2n) is 5.91. The minimum Gasteiger partial charge on any atom is -0.462 e. The molecule has 0 saturated carbocycles. The number of hydrogen-bond acceptors (Lipinski definition) is 8. The zero-order chi connectivity index (χ0) is 22.2. The van der Waals surface area contributed by atoms with Gasteiger partial charge in [0.2, 0.25) is 11.0 Å². The lowest BCUT2D eigenvalue weighted by molar-refractivity contribution is -0.113. The molecule has 0 atom stereocenters. The first-order valence-electron chi connectivity index (χ1n) is 9.06. The summed E-state index contributed by atoms with van der Waals surface area (Å²) in [5.41, 5.74) is 0.505. The van der Waals surface area contributed by atoms with E-state index in [4.69, 9.17) is 4.74 Å². The van der Waals surface area contributed by atoms with Crippen molar-refractivity contribution < 1.29 is 23.5 Å². The molecule has 0 bridgehead atoms. The molecule has 31 heavy (non-hydrogen) atoms. The minimum absolute atomic E-state index is 0.00700. The van der Waals surface area contributed by atoms with Gasteiger partial charge in [0.15, 0.2) is 4.34 Å². The first-order valence-corrected chi connectivity index (χ1v) is 10.9. The van der Waals surface area contributed by atoms with Crippen LogP contribution in [0.5, 0.6) is 0 Å². The number of ether oxygens (including phenoxy) is 1. The van der Waals surface area contributed by atoms with Crippen molar-refractivity contribution in [3.63, 3.8) is 0 Å². The topological polar surface area (TPSA) is 110 Å². The molecule has 3 aromatic rings. The van der Waals surface area contributed by atoms with E-state index in [-0.39, 0.29) is 34.5 Å². The highest BCUT2D eigenvalue weighted by molar-refractivity contribution is 8.01. The minimum atomic E-state index is -0.640. The van der Waals surface area contributed by atoms with Crippen molar-refractivity contribution >= 4 is 51.7 Å². The van der Waals surface area contributed by atoms with Gasteiger partial charge in [-0.2, -0.15) is 0 Å². The Labute approximate surface area is 185 Å². The average Bonchev–Trinajstić information content (AvgIpc) is 3.20. The molecule has 0 aliphatic rings. The smallest absolute Gasteiger partial charge is 0.340 e. The van der Waals surface area contributed by atoms with Gasteiger partial charge in [-0.3, -0.25) is 14.9 Å². The number of rotatable bonds is 8. The van der Waals surface area contributed by atoms with E-state index in [1.807, 2.05) is 0 Å². The highest BCUT2D eigenvalue weighted by atomic mass is 32.2. The van der Waals surface area contributed by atoms with Crippen molar-refractivity contribution in [2.45, 2.75) is 11.3 Å². The zero-order valence-corrected chi connectivity index (χ0v) is 17.9. The summed E-state index contributed by atoms with van der Waals surface area (Å²) in [7, 11) is 0. The van der Waals surface area contributed by atoms with Crippen LogP contribution >= 0.6 is 23.1 Å². The van der Waals surface area contributed by atoms with Gasteiger partial charge >= 0.3 is 5.97 Å². The number of thioether (sulfide) groups is 1. The van der Waals surface area contributed by atoms with Gasteiger partial charge in [-0.25, -0.2) is 9.18 Å². The molecule has 0 saturated heterocycles. The fourth-order valence-electron chi connectivity index (χ4n) is 2.42. The number of carbonyl (C=O) groups excluding carboxylic acids is 3. The third kappa shape index (κ3) is 6.09. The fraction of sp³-hybridized carbons (Fsp3) is 0.150. The van der Waals surface area contributed by atoms with Crippen LogP contribution in [0.15, 0.2) is 52.9 Å². The molecular formula is C20H17FN4O4S2.